The van der Waals surface area contributed by atoms with Gasteiger partial charge in [0, 0.05) is 5.69 Å². The fourth-order valence-electron chi connectivity index (χ4n) is 2.01. The van der Waals surface area contributed by atoms with Crippen molar-refractivity contribution in [2.75, 3.05) is 7.11 Å². The third kappa shape index (κ3) is 3.00. The van der Waals surface area contributed by atoms with E-state index in [1.54, 1.807) is 33.2 Å². The minimum Gasteiger partial charge on any atom is -0.497 e. The van der Waals surface area contributed by atoms with Crippen molar-refractivity contribution in [3.05, 3.63) is 63.1 Å². The molecule has 0 amide bonds. The van der Waals surface area contributed by atoms with Crippen LogP contribution in [0.4, 0.5) is 0 Å². The molecule has 0 unspecified atom stereocenters. The van der Waals surface area contributed by atoms with Crippen molar-refractivity contribution in [1.82, 2.24) is 4.68 Å². The first-order valence-corrected chi connectivity index (χ1v) is 6.38. The van der Waals surface area contributed by atoms with Crippen LogP contribution in [0, 0.1) is 25.2 Å². The summed E-state index contributed by atoms with van der Waals surface area (Å²) >= 11 is 0. The van der Waals surface area contributed by atoms with Gasteiger partial charge in [0.1, 0.15) is 17.4 Å². The van der Waals surface area contributed by atoms with Gasteiger partial charge in [-0.3, -0.25) is 4.79 Å². The van der Waals surface area contributed by atoms with E-state index in [1.807, 2.05) is 30.3 Å². The Bertz CT molecular complexity index is 798. The maximum Gasteiger partial charge on any atom is 0.289 e. The molecule has 0 bridgehead atoms. The van der Waals surface area contributed by atoms with E-state index in [0.29, 0.717) is 17.0 Å². The Balaban J connectivity index is 2.46. The molecule has 0 aliphatic carbocycles. The van der Waals surface area contributed by atoms with Gasteiger partial charge in [0.15, 0.2) is 0 Å². The maximum absolute atomic E-state index is 12.2. The number of nitriles is 1. The first-order chi connectivity index (χ1) is 10.1. The van der Waals surface area contributed by atoms with Gasteiger partial charge < -0.3 is 4.74 Å². The number of hydrogen-bond donors (Lipinski definition) is 0. The lowest BCUT2D eigenvalue weighted by Crippen LogP contribution is -2.22. The van der Waals surface area contributed by atoms with Gasteiger partial charge in [0.05, 0.1) is 13.3 Å². The zero-order valence-electron chi connectivity index (χ0n) is 12.1. The highest BCUT2D eigenvalue weighted by Crippen LogP contribution is 2.11. The molecule has 5 nitrogen and oxygen atoms in total. The van der Waals surface area contributed by atoms with Crippen molar-refractivity contribution in [3.8, 4) is 11.8 Å². The second-order valence-corrected chi connectivity index (χ2v) is 4.59. The number of benzene rings is 1. The Morgan fingerprint density at radius 1 is 1.33 bits per heavy atom. The second-order valence-electron chi connectivity index (χ2n) is 4.59. The molecular weight excluding hydrogens is 266 g/mol. The molecule has 5 heteroatoms. The minimum atomic E-state index is -0.408. The van der Waals surface area contributed by atoms with Crippen LogP contribution in [0.1, 0.15) is 22.4 Å². The van der Waals surface area contributed by atoms with Crippen LogP contribution in [-0.4, -0.2) is 18.0 Å². The second kappa shape index (κ2) is 6.06. The molecule has 1 heterocycles. The summed E-state index contributed by atoms with van der Waals surface area (Å²) in [5, 5.41) is 13.2. The van der Waals surface area contributed by atoms with Crippen LogP contribution < -0.4 is 10.3 Å². The zero-order valence-corrected chi connectivity index (χ0v) is 12.1. The molecule has 0 spiro atoms. The molecule has 1 aromatic heterocycles. The summed E-state index contributed by atoms with van der Waals surface area (Å²) in [6.07, 6.45) is 1.56. The lowest BCUT2D eigenvalue weighted by Gasteiger charge is -2.06. The molecule has 0 N–H and O–H groups in total. The van der Waals surface area contributed by atoms with Gasteiger partial charge in [0.2, 0.25) is 0 Å². The lowest BCUT2D eigenvalue weighted by atomic mass is 10.1. The summed E-state index contributed by atoms with van der Waals surface area (Å²) < 4.78 is 6.36. The van der Waals surface area contributed by atoms with Gasteiger partial charge >= 0.3 is 0 Å². The van der Waals surface area contributed by atoms with E-state index in [0.717, 1.165) is 5.56 Å². The normalized spacial score (nSPS) is 10.6. The lowest BCUT2D eigenvalue weighted by molar-refractivity contribution is 0.415. The molecule has 0 aliphatic heterocycles. The molecule has 2 aromatic rings. The Hall–Kier alpha value is -2.87. The van der Waals surface area contributed by atoms with Crippen LogP contribution in [-0.2, 0) is 0 Å². The Labute approximate surface area is 122 Å². The van der Waals surface area contributed by atoms with Gasteiger partial charge in [-0.25, -0.2) is 4.68 Å². The van der Waals surface area contributed by atoms with Gasteiger partial charge in [-0.2, -0.15) is 10.4 Å². The predicted octanol–water partition coefficient (Wildman–Crippen LogP) is 2.23. The van der Waals surface area contributed by atoms with Gasteiger partial charge in [0.25, 0.3) is 5.56 Å². The summed E-state index contributed by atoms with van der Waals surface area (Å²) in [4.78, 5) is 12.2. The van der Waals surface area contributed by atoms with E-state index in [2.05, 4.69) is 5.10 Å². The molecule has 0 fully saturated rings. The Kier molecular flexibility index (Phi) is 4.19. The van der Waals surface area contributed by atoms with Gasteiger partial charge in [-0.15, -0.1) is 0 Å². The topological polar surface area (TPSA) is 67.4 Å². The highest BCUT2D eigenvalue weighted by Gasteiger charge is 2.08. The van der Waals surface area contributed by atoms with Crippen molar-refractivity contribution in [2.24, 2.45) is 5.10 Å². The van der Waals surface area contributed by atoms with Crippen molar-refractivity contribution < 1.29 is 4.74 Å². The van der Waals surface area contributed by atoms with E-state index in [4.69, 9.17) is 10.00 Å². The summed E-state index contributed by atoms with van der Waals surface area (Å²) in [7, 11) is 1.59. The van der Waals surface area contributed by atoms with E-state index in [1.165, 1.54) is 4.68 Å². The van der Waals surface area contributed by atoms with Crippen molar-refractivity contribution in [2.45, 2.75) is 13.8 Å². The molecule has 0 atom stereocenters. The first-order valence-electron chi connectivity index (χ1n) is 6.38. The number of nitrogens with zero attached hydrogens (tertiary/aromatic N) is 3. The fraction of sp³-hybridized carbons (Fsp3) is 0.188. The molecule has 1 aromatic carbocycles. The molecule has 21 heavy (non-hydrogen) atoms. The smallest absolute Gasteiger partial charge is 0.289 e. The average Bonchev–Trinajstić information content (AvgIpc) is 2.47. The molecule has 0 radical (unpaired) electrons. The number of pyridine rings is 1. The fourth-order valence-corrected chi connectivity index (χ4v) is 2.01. The van der Waals surface area contributed by atoms with Crippen LogP contribution in [0.25, 0.3) is 0 Å². The third-order valence-electron chi connectivity index (χ3n) is 3.09. The molecule has 2 rings (SSSR count). The number of aryl methyl sites for hydroxylation is 2. The van der Waals surface area contributed by atoms with E-state index in [-0.39, 0.29) is 5.56 Å². The molecule has 0 aliphatic rings. The van der Waals surface area contributed by atoms with E-state index < -0.39 is 5.56 Å². The summed E-state index contributed by atoms with van der Waals surface area (Å²) in [6.45, 7) is 3.52. The zero-order chi connectivity index (χ0) is 15.4. The van der Waals surface area contributed by atoms with E-state index >= 15 is 0 Å². The Morgan fingerprint density at radius 3 is 2.76 bits per heavy atom. The Morgan fingerprint density at radius 2 is 2.10 bits per heavy atom. The number of rotatable bonds is 3. The summed E-state index contributed by atoms with van der Waals surface area (Å²) in [6, 6.07) is 11.0. The number of methoxy groups -OCH3 is 1. The number of aromatic nitrogens is 1. The van der Waals surface area contributed by atoms with Crippen LogP contribution in [0.3, 0.4) is 0 Å². The number of hydrogen-bond acceptors (Lipinski definition) is 4. The summed E-state index contributed by atoms with van der Waals surface area (Å²) in [5.41, 5.74) is 1.85. The molecule has 0 saturated carbocycles. The van der Waals surface area contributed by atoms with Crippen molar-refractivity contribution in [1.29, 1.82) is 5.26 Å². The van der Waals surface area contributed by atoms with Gasteiger partial charge in [-0.1, -0.05) is 12.1 Å². The average molecular weight is 281 g/mol. The molecular formula is C16H15N3O2. The maximum atomic E-state index is 12.2. The summed E-state index contributed by atoms with van der Waals surface area (Å²) in [5.74, 6) is 0.713. The quantitative estimate of drug-likeness (QED) is 0.810. The van der Waals surface area contributed by atoms with Gasteiger partial charge in [-0.05, 0) is 43.2 Å². The predicted molar refractivity (Wildman–Crippen MR) is 80.9 cm³/mol. The first kappa shape index (κ1) is 14.5. The van der Waals surface area contributed by atoms with Crippen LogP contribution in [0.2, 0.25) is 0 Å². The van der Waals surface area contributed by atoms with Crippen LogP contribution in [0.15, 0.2) is 40.2 Å². The van der Waals surface area contributed by atoms with Crippen LogP contribution >= 0.6 is 0 Å². The monoisotopic (exact) mass is 281 g/mol. The highest BCUT2D eigenvalue weighted by molar-refractivity contribution is 5.80. The molecule has 106 valence electrons. The standard InChI is InChI=1S/C16H15N3O2/c1-11-7-12(2)19(16(20)15(11)9-17)18-10-13-5-4-6-14(8-13)21-3/h4-8,10H,1-3H3/b18-10-. The molecule has 0 saturated heterocycles. The minimum absolute atomic E-state index is 0.114. The van der Waals surface area contributed by atoms with Crippen LogP contribution in [0.5, 0.6) is 5.75 Å². The SMILES string of the molecule is COc1cccc(/C=N\n2c(C)cc(C)c(C#N)c2=O)c1. The van der Waals surface area contributed by atoms with Crippen molar-refractivity contribution >= 4 is 6.21 Å². The third-order valence-corrected chi connectivity index (χ3v) is 3.09. The van der Waals surface area contributed by atoms with Crippen molar-refractivity contribution in [3.63, 3.8) is 0 Å². The van der Waals surface area contributed by atoms with E-state index in [9.17, 15) is 4.79 Å². The highest BCUT2D eigenvalue weighted by atomic mass is 16.5. The number of ether oxygens (including phenoxy) is 1. The largest absolute Gasteiger partial charge is 0.497 e.